The van der Waals surface area contributed by atoms with Crippen molar-refractivity contribution in [3.8, 4) is 0 Å². The van der Waals surface area contributed by atoms with E-state index in [0.717, 1.165) is 0 Å². The molecule has 2 aromatic rings. The third kappa shape index (κ3) is 2.79. The number of hydrogen-bond acceptors (Lipinski definition) is 2. The number of halogens is 4. The molecule has 1 N–H and O–H groups in total. The Morgan fingerprint density at radius 2 is 2.11 bits per heavy atom. The maximum atomic E-state index is 12.4. The lowest BCUT2D eigenvalue weighted by Gasteiger charge is -2.15. The molecule has 0 saturated carbocycles. The Bertz CT molecular complexity index is 550. The van der Waals surface area contributed by atoms with Crippen LogP contribution in [-0.2, 0) is 0 Å². The fourth-order valence-electron chi connectivity index (χ4n) is 1.80. The summed E-state index contributed by atoms with van der Waals surface area (Å²) < 4.78 is 42.6. The van der Waals surface area contributed by atoms with Crippen LogP contribution in [0.2, 0.25) is 5.02 Å². The van der Waals surface area contributed by atoms with Gasteiger partial charge in [0.05, 0.1) is 17.5 Å². The van der Waals surface area contributed by atoms with E-state index in [2.05, 4.69) is 5.32 Å². The first-order chi connectivity index (χ1) is 8.40. The monoisotopic (exact) mass is 277 g/mol. The highest BCUT2D eigenvalue weighted by molar-refractivity contribution is 6.34. The molecule has 1 atom stereocenters. The summed E-state index contributed by atoms with van der Waals surface area (Å²) in [7, 11) is 1.46. The van der Waals surface area contributed by atoms with E-state index in [-0.39, 0.29) is 5.76 Å². The lowest BCUT2D eigenvalue weighted by atomic mass is 10.1. The first-order valence-corrected chi connectivity index (χ1v) is 5.70. The smallest absolute Gasteiger partial charge is 0.391 e. The molecule has 0 saturated heterocycles. The Morgan fingerprint density at radius 1 is 1.39 bits per heavy atom. The van der Waals surface area contributed by atoms with Crippen molar-refractivity contribution in [1.82, 2.24) is 5.32 Å². The van der Waals surface area contributed by atoms with Crippen molar-refractivity contribution in [3.63, 3.8) is 0 Å². The fraction of sp³-hybridized carbons (Fsp3) is 0.333. The minimum atomic E-state index is -4.25. The Morgan fingerprint density at radius 3 is 2.67 bits per heavy atom. The molecular weight excluding hydrogens is 267 g/mol. The van der Waals surface area contributed by atoms with Crippen molar-refractivity contribution in [3.05, 3.63) is 35.0 Å². The number of fused-ring (bicyclic) bond motifs is 1. The zero-order valence-electron chi connectivity index (χ0n) is 9.51. The van der Waals surface area contributed by atoms with Gasteiger partial charge in [0.25, 0.3) is 0 Å². The van der Waals surface area contributed by atoms with E-state index in [9.17, 15) is 13.2 Å². The van der Waals surface area contributed by atoms with Crippen LogP contribution in [0.3, 0.4) is 0 Å². The van der Waals surface area contributed by atoms with Gasteiger partial charge in [0.1, 0.15) is 5.76 Å². The van der Waals surface area contributed by atoms with Crippen molar-refractivity contribution in [2.24, 2.45) is 0 Å². The fourth-order valence-corrected chi connectivity index (χ4v) is 2.02. The quantitative estimate of drug-likeness (QED) is 0.905. The number of para-hydroxylation sites is 1. The number of furan rings is 1. The maximum Gasteiger partial charge on any atom is 0.391 e. The summed E-state index contributed by atoms with van der Waals surface area (Å²) in [5.41, 5.74) is 0.414. The van der Waals surface area contributed by atoms with Gasteiger partial charge in [-0.25, -0.2) is 0 Å². The van der Waals surface area contributed by atoms with Gasteiger partial charge in [0.15, 0.2) is 5.58 Å². The van der Waals surface area contributed by atoms with Crippen LogP contribution in [0.5, 0.6) is 0 Å². The summed E-state index contributed by atoms with van der Waals surface area (Å²) in [4.78, 5) is 0. The van der Waals surface area contributed by atoms with Crippen LogP contribution < -0.4 is 5.32 Å². The highest BCUT2D eigenvalue weighted by Crippen LogP contribution is 2.34. The predicted molar refractivity (Wildman–Crippen MR) is 63.7 cm³/mol. The summed E-state index contributed by atoms with van der Waals surface area (Å²) in [6.07, 6.45) is -5.24. The lowest BCUT2D eigenvalue weighted by molar-refractivity contribution is -0.141. The van der Waals surface area contributed by atoms with E-state index in [0.29, 0.717) is 16.0 Å². The number of benzene rings is 1. The zero-order chi connectivity index (χ0) is 13.3. The third-order valence-corrected chi connectivity index (χ3v) is 2.94. The molecule has 1 aromatic carbocycles. The van der Waals surface area contributed by atoms with E-state index < -0.39 is 18.6 Å². The van der Waals surface area contributed by atoms with E-state index >= 15 is 0 Å². The van der Waals surface area contributed by atoms with Crippen LogP contribution >= 0.6 is 11.6 Å². The molecule has 0 radical (unpaired) electrons. The van der Waals surface area contributed by atoms with Crippen molar-refractivity contribution in [2.45, 2.75) is 18.6 Å². The van der Waals surface area contributed by atoms with Crippen molar-refractivity contribution < 1.29 is 17.6 Å². The van der Waals surface area contributed by atoms with Crippen LogP contribution in [0.1, 0.15) is 18.2 Å². The van der Waals surface area contributed by atoms with Crippen LogP contribution in [0.25, 0.3) is 11.0 Å². The largest absolute Gasteiger partial charge is 0.458 e. The van der Waals surface area contributed by atoms with E-state index in [1.807, 2.05) is 0 Å². The standard InChI is InChI=1S/C12H11ClF3NO/c1-17-9(6-12(14,15)16)10-5-7-3-2-4-8(13)11(7)18-10/h2-5,9,17H,6H2,1H3. The van der Waals surface area contributed by atoms with Crippen LogP contribution in [-0.4, -0.2) is 13.2 Å². The molecule has 18 heavy (non-hydrogen) atoms. The normalized spacial score (nSPS) is 14.1. The molecule has 0 aliphatic heterocycles. The highest BCUT2D eigenvalue weighted by Gasteiger charge is 2.33. The first-order valence-electron chi connectivity index (χ1n) is 5.32. The Kier molecular flexibility index (Phi) is 3.54. The second-order valence-corrected chi connectivity index (χ2v) is 4.37. The lowest BCUT2D eigenvalue weighted by Crippen LogP contribution is -2.23. The SMILES string of the molecule is CNC(CC(F)(F)F)c1cc2cccc(Cl)c2o1. The van der Waals surface area contributed by atoms with E-state index in [1.165, 1.54) is 7.05 Å². The van der Waals surface area contributed by atoms with Gasteiger partial charge in [0, 0.05) is 5.39 Å². The molecule has 1 unspecified atom stereocenters. The number of alkyl halides is 3. The Labute approximate surface area is 107 Å². The molecule has 1 heterocycles. The van der Waals surface area contributed by atoms with Crippen molar-refractivity contribution in [1.29, 1.82) is 0 Å². The van der Waals surface area contributed by atoms with Gasteiger partial charge in [0.2, 0.25) is 0 Å². The molecule has 6 heteroatoms. The highest BCUT2D eigenvalue weighted by atomic mass is 35.5. The van der Waals surface area contributed by atoms with Gasteiger partial charge in [-0.15, -0.1) is 0 Å². The van der Waals surface area contributed by atoms with Crippen molar-refractivity contribution in [2.75, 3.05) is 7.05 Å². The summed E-state index contributed by atoms with van der Waals surface area (Å²) in [6, 6.07) is 5.77. The molecule has 2 nitrogen and oxygen atoms in total. The summed E-state index contributed by atoms with van der Waals surface area (Å²) in [5.74, 6) is 0.234. The first kappa shape index (κ1) is 13.2. The van der Waals surface area contributed by atoms with Gasteiger partial charge in [-0.05, 0) is 19.2 Å². The molecular formula is C12H11ClF3NO. The summed E-state index contributed by atoms with van der Waals surface area (Å²) >= 11 is 5.91. The van der Waals surface area contributed by atoms with Crippen LogP contribution in [0, 0.1) is 0 Å². The van der Waals surface area contributed by atoms with Gasteiger partial charge in [-0.3, -0.25) is 0 Å². The third-order valence-electron chi connectivity index (χ3n) is 2.64. The number of rotatable bonds is 3. The van der Waals surface area contributed by atoms with Crippen molar-refractivity contribution >= 4 is 22.6 Å². The average Bonchev–Trinajstić information content (AvgIpc) is 2.70. The molecule has 1 aromatic heterocycles. The topological polar surface area (TPSA) is 25.2 Å². The van der Waals surface area contributed by atoms with Gasteiger partial charge in [-0.1, -0.05) is 23.7 Å². The van der Waals surface area contributed by atoms with Gasteiger partial charge in [-0.2, -0.15) is 13.2 Å². The average molecular weight is 278 g/mol. The second kappa shape index (κ2) is 4.82. The van der Waals surface area contributed by atoms with Gasteiger partial charge < -0.3 is 9.73 Å². The molecule has 0 aliphatic carbocycles. The molecule has 0 amide bonds. The minimum Gasteiger partial charge on any atom is -0.458 e. The minimum absolute atomic E-state index is 0.234. The van der Waals surface area contributed by atoms with Crippen LogP contribution in [0.15, 0.2) is 28.7 Å². The van der Waals surface area contributed by atoms with E-state index in [1.54, 1.807) is 24.3 Å². The molecule has 0 fully saturated rings. The Balaban J connectivity index is 2.37. The summed E-state index contributed by atoms with van der Waals surface area (Å²) in [5, 5.41) is 3.68. The molecule has 2 rings (SSSR count). The summed E-state index contributed by atoms with van der Waals surface area (Å²) in [6.45, 7) is 0. The molecule has 98 valence electrons. The Hall–Kier alpha value is -1.20. The second-order valence-electron chi connectivity index (χ2n) is 3.97. The molecule has 0 spiro atoms. The molecule has 0 aliphatic rings. The number of nitrogens with one attached hydrogen (secondary N) is 1. The van der Waals surface area contributed by atoms with Gasteiger partial charge >= 0.3 is 6.18 Å². The van der Waals surface area contributed by atoms with Crippen LogP contribution in [0.4, 0.5) is 13.2 Å². The maximum absolute atomic E-state index is 12.4. The van der Waals surface area contributed by atoms with E-state index in [4.69, 9.17) is 16.0 Å². The number of hydrogen-bond donors (Lipinski definition) is 1. The zero-order valence-corrected chi connectivity index (χ0v) is 10.3. The molecule has 0 bridgehead atoms. The predicted octanol–water partition coefficient (Wildman–Crippen LogP) is 4.30.